The molecule has 1 saturated carbocycles. The highest BCUT2D eigenvalue weighted by atomic mass is 16.2. The lowest BCUT2D eigenvalue weighted by Gasteiger charge is -2.34. The average molecular weight is 362 g/mol. The van der Waals surface area contributed by atoms with Gasteiger partial charge >= 0.3 is 0 Å². The monoisotopic (exact) mass is 362 g/mol. The van der Waals surface area contributed by atoms with Gasteiger partial charge in [0.05, 0.1) is 11.0 Å². The molecule has 0 saturated heterocycles. The summed E-state index contributed by atoms with van der Waals surface area (Å²) in [6.45, 7) is 4.73. The van der Waals surface area contributed by atoms with Crippen LogP contribution >= 0.6 is 0 Å². The van der Waals surface area contributed by atoms with E-state index >= 15 is 0 Å². The Kier molecular flexibility index (Phi) is 4.73. The first-order valence-electron chi connectivity index (χ1n) is 9.86. The minimum absolute atomic E-state index is 0.0138. The van der Waals surface area contributed by atoms with Gasteiger partial charge in [0, 0.05) is 16.8 Å². The number of hydrogen-bond acceptors (Lipinski definition) is 2. The molecule has 140 valence electrons. The smallest absolute Gasteiger partial charge is 0.240 e. The van der Waals surface area contributed by atoms with Crippen LogP contribution < -0.4 is 10.7 Å². The van der Waals surface area contributed by atoms with E-state index in [0.717, 1.165) is 17.5 Å². The van der Waals surface area contributed by atoms with Gasteiger partial charge in [-0.25, -0.2) is 0 Å². The minimum atomic E-state index is 0.0138. The lowest BCUT2D eigenvalue weighted by molar-refractivity contribution is -0.123. The summed E-state index contributed by atoms with van der Waals surface area (Å²) in [7, 11) is 0. The largest absolute Gasteiger partial charge is 0.352 e. The molecule has 1 aliphatic carbocycles. The van der Waals surface area contributed by atoms with E-state index in [-0.39, 0.29) is 23.9 Å². The van der Waals surface area contributed by atoms with E-state index in [4.69, 9.17) is 0 Å². The van der Waals surface area contributed by atoms with E-state index in [9.17, 15) is 9.59 Å². The van der Waals surface area contributed by atoms with Crippen molar-refractivity contribution >= 4 is 27.7 Å². The molecule has 1 aliphatic rings. The van der Waals surface area contributed by atoms with Crippen LogP contribution in [-0.2, 0) is 11.3 Å². The van der Waals surface area contributed by atoms with Crippen LogP contribution in [0.15, 0.2) is 53.3 Å². The molecule has 1 aromatic heterocycles. The standard InChI is InChI=1S/C23H26N2O2/c1-15-8-7-11-19(16(15)2)24-22(26)14-25-20-12-5-3-9-17(20)23(27)18-10-4-6-13-21(18)25/h3-6,9-10,12-13,15-16,19H,7-8,11,14H2,1-2H3,(H,24,26)/t15-,16-,19+/m1/s1. The molecule has 0 spiro atoms. The summed E-state index contributed by atoms with van der Waals surface area (Å²) < 4.78 is 1.97. The number of carbonyl (C=O) groups is 1. The number of aromatic nitrogens is 1. The quantitative estimate of drug-likeness (QED) is 0.713. The first-order chi connectivity index (χ1) is 13.1. The van der Waals surface area contributed by atoms with E-state index in [1.807, 2.05) is 53.1 Å². The van der Waals surface area contributed by atoms with Crippen molar-refractivity contribution in [1.82, 2.24) is 9.88 Å². The number of fused-ring (bicyclic) bond motifs is 2. The normalized spacial score (nSPS) is 22.8. The Morgan fingerprint density at radius 3 is 2.22 bits per heavy atom. The van der Waals surface area contributed by atoms with Gasteiger partial charge in [-0.1, -0.05) is 51.0 Å². The molecule has 0 unspecified atom stereocenters. The van der Waals surface area contributed by atoms with Crippen LogP contribution in [-0.4, -0.2) is 16.5 Å². The van der Waals surface area contributed by atoms with Crippen molar-refractivity contribution in [3.05, 3.63) is 58.8 Å². The summed E-state index contributed by atoms with van der Waals surface area (Å²) in [5.41, 5.74) is 1.63. The number of amides is 1. The summed E-state index contributed by atoms with van der Waals surface area (Å²) >= 11 is 0. The average Bonchev–Trinajstić information content (AvgIpc) is 2.69. The zero-order valence-electron chi connectivity index (χ0n) is 15.9. The second-order valence-corrected chi connectivity index (χ2v) is 7.89. The van der Waals surface area contributed by atoms with Gasteiger partial charge in [0.25, 0.3) is 0 Å². The number of pyridine rings is 1. The van der Waals surface area contributed by atoms with Crippen LogP contribution in [0.25, 0.3) is 21.8 Å². The molecular formula is C23H26N2O2. The summed E-state index contributed by atoms with van der Waals surface area (Å²) in [5.74, 6) is 1.14. The molecule has 0 radical (unpaired) electrons. The SMILES string of the molecule is C[C@@H]1[C@H](C)CCC[C@@H]1NC(=O)Cn1c2ccccc2c(=O)c2ccccc21. The molecule has 3 atom stereocenters. The molecule has 27 heavy (non-hydrogen) atoms. The van der Waals surface area contributed by atoms with Gasteiger partial charge in [-0.2, -0.15) is 0 Å². The lowest BCUT2D eigenvalue weighted by Crippen LogP contribution is -2.44. The lowest BCUT2D eigenvalue weighted by atomic mass is 9.78. The predicted octanol–water partition coefficient (Wildman–Crippen LogP) is 4.10. The van der Waals surface area contributed by atoms with Gasteiger partial charge in [0.2, 0.25) is 5.91 Å². The van der Waals surface area contributed by atoms with Crippen LogP contribution in [0.1, 0.15) is 33.1 Å². The number of nitrogens with zero attached hydrogens (tertiary/aromatic N) is 1. The van der Waals surface area contributed by atoms with Gasteiger partial charge < -0.3 is 9.88 Å². The molecule has 2 aromatic carbocycles. The Balaban J connectivity index is 1.71. The van der Waals surface area contributed by atoms with E-state index in [1.165, 1.54) is 12.8 Å². The Labute approximate surface area is 159 Å². The number of carbonyl (C=O) groups excluding carboxylic acids is 1. The van der Waals surface area contributed by atoms with Gasteiger partial charge in [0.15, 0.2) is 5.43 Å². The summed E-state index contributed by atoms with van der Waals surface area (Å²) in [4.78, 5) is 25.7. The van der Waals surface area contributed by atoms with Gasteiger partial charge in [0.1, 0.15) is 6.54 Å². The Morgan fingerprint density at radius 1 is 1.00 bits per heavy atom. The fourth-order valence-electron chi connectivity index (χ4n) is 4.43. The molecule has 1 amide bonds. The van der Waals surface area contributed by atoms with Crippen molar-refractivity contribution in [1.29, 1.82) is 0 Å². The highest BCUT2D eigenvalue weighted by Crippen LogP contribution is 2.29. The molecule has 3 aromatic rings. The van der Waals surface area contributed by atoms with Crippen LogP contribution in [0.3, 0.4) is 0 Å². The van der Waals surface area contributed by atoms with Crippen LogP contribution in [0.2, 0.25) is 0 Å². The fourth-order valence-corrected chi connectivity index (χ4v) is 4.43. The van der Waals surface area contributed by atoms with Gasteiger partial charge in [-0.05, 0) is 42.5 Å². The van der Waals surface area contributed by atoms with Crippen LogP contribution in [0.4, 0.5) is 0 Å². The maximum Gasteiger partial charge on any atom is 0.240 e. The maximum absolute atomic E-state index is 12.9. The topological polar surface area (TPSA) is 51.1 Å². The third kappa shape index (κ3) is 3.25. The third-order valence-corrected chi connectivity index (χ3v) is 6.23. The minimum Gasteiger partial charge on any atom is -0.352 e. The highest BCUT2D eigenvalue weighted by molar-refractivity contribution is 5.94. The summed E-state index contributed by atoms with van der Waals surface area (Å²) in [5, 5.41) is 4.57. The van der Waals surface area contributed by atoms with Crippen molar-refractivity contribution in [2.45, 2.75) is 45.7 Å². The molecular weight excluding hydrogens is 336 g/mol. The van der Waals surface area contributed by atoms with E-state index < -0.39 is 0 Å². The van der Waals surface area contributed by atoms with Crippen molar-refractivity contribution in [3.63, 3.8) is 0 Å². The second kappa shape index (κ2) is 7.18. The van der Waals surface area contributed by atoms with Gasteiger partial charge in [-0.3, -0.25) is 9.59 Å². The number of benzene rings is 2. The van der Waals surface area contributed by atoms with Crippen LogP contribution in [0, 0.1) is 11.8 Å². The number of rotatable bonds is 3. The summed E-state index contributed by atoms with van der Waals surface area (Å²) in [6.07, 6.45) is 3.45. The number of nitrogens with one attached hydrogen (secondary N) is 1. The van der Waals surface area contributed by atoms with Gasteiger partial charge in [-0.15, -0.1) is 0 Å². The number of para-hydroxylation sites is 2. The molecule has 4 nitrogen and oxygen atoms in total. The second-order valence-electron chi connectivity index (χ2n) is 7.89. The summed E-state index contributed by atoms with van der Waals surface area (Å²) in [6, 6.07) is 15.3. The fraction of sp³-hybridized carbons (Fsp3) is 0.391. The molecule has 1 heterocycles. The Morgan fingerprint density at radius 2 is 1.59 bits per heavy atom. The zero-order chi connectivity index (χ0) is 19.0. The molecule has 1 N–H and O–H groups in total. The van der Waals surface area contributed by atoms with Crippen molar-refractivity contribution in [3.8, 4) is 0 Å². The van der Waals surface area contributed by atoms with E-state index in [1.54, 1.807) is 0 Å². The van der Waals surface area contributed by atoms with Crippen LogP contribution in [0.5, 0.6) is 0 Å². The maximum atomic E-state index is 12.9. The van der Waals surface area contributed by atoms with E-state index in [0.29, 0.717) is 22.6 Å². The van der Waals surface area contributed by atoms with Crippen molar-refractivity contribution < 1.29 is 4.79 Å². The Hall–Kier alpha value is -2.62. The third-order valence-electron chi connectivity index (χ3n) is 6.23. The molecule has 1 fully saturated rings. The van der Waals surface area contributed by atoms with Crippen molar-refractivity contribution in [2.24, 2.45) is 11.8 Å². The van der Waals surface area contributed by atoms with Crippen molar-refractivity contribution in [2.75, 3.05) is 0 Å². The molecule has 4 heteroatoms. The Bertz CT molecular complexity index is 993. The first kappa shape index (κ1) is 17.8. The van der Waals surface area contributed by atoms with E-state index in [2.05, 4.69) is 19.2 Å². The predicted molar refractivity (Wildman–Crippen MR) is 110 cm³/mol. The number of hydrogen-bond donors (Lipinski definition) is 1. The first-order valence-corrected chi connectivity index (χ1v) is 9.86. The molecule has 0 bridgehead atoms. The molecule has 4 rings (SSSR count). The highest BCUT2D eigenvalue weighted by Gasteiger charge is 2.28. The molecule has 0 aliphatic heterocycles. The zero-order valence-corrected chi connectivity index (χ0v) is 15.9.